The largest absolute Gasteiger partial charge is 0.0650 e. The molecule has 0 heterocycles. The SMILES string of the molecule is CCCP(Br)Cc1ccccc1. The summed E-state index contributed by atoms with van der Waals surface area (Å²) in [6.45, 7) is 2.29. The van der Waals surface area contributed by atoms with Gasteiger partial charge in [0.2, 0.25) is 0 Å². The molecular formula is C10H14BrP. The van der Waals surface area contributed by atoms with Crippen LogP contribution in [0.15, 0.2) is 30.3 Å². The van der Waals surface area contributed by atoms with Gasteiger partial charge in [0.15, 0.2) is 0 Å². The van der Waals surface area contributed by atoms with Crippen LogP contribution in [0.3, 0.4) is 0 Å². The van der Waals surface area contributed by atoms with E-state index in [1.807, 2.05) is 0 Å². The second kappa shape index (κ2) is 5.72. The maximum Gasteiger partial charge on any atom is 0.00254 e. The van der Waals surface area contributed by atoms with Crippen molar-refractivity contribution in [2.75, 3.05) is 6.16 Å². The van der Waals surface area contributed by atoms with E-state index in [0.717, 1.165) is 0 Å². The molecule has 2 heteroatoms. The maximum atomic E-state index is 3.74. The molecule has 0 aliphatic rings. The molecular weight excluding hydrogens is 231 g/mol. The van der Waals surface area contributed by atoms with E-state index in [2.05, 4.69) is 52.7 Å². The third-order valence-corrected chi connectivity index (χ3v) is 5.12. The molecule has 0 bridgehead atoms. The summed E-state index contributed by atoms with van der Waals surface area (Å²) in [4.78, 5) is 0. The number of halogens is 1. The third-order valence-electron chi connectivity index (χ3n) is 1.66. The Morgan fingerprint density at radius 3 is 2.50 bits per heavy atom. The molecule has 0 spiro atoms. The van der Waals surface area contributed by atoms with Crippen molar-refractivity contribution in [3.8, 4) is 0 Å². The highest BCUT2D eigenvalue weighted by molar-refractivity contribution is 9.39. The molecule has 0 aliphatic heterocycles. The first-order valence-electron chi connectivity index (χ1n) is 4.27. The van der Waals surface area contributed by atoms with E-state index in [4.69, 9.17) is 0 Å². The lowest BCUT2D eigenvalue weighted by atomic mass is 10.2. The summed E-state index contributed by atoms with van der Waals surface area (Å²) < 4.78 is 0. The molecule has 0 aromatic heterocycles. The van der Waals surface area contributed by atoms with Gasteiger partial charge in [0.1, 0.15) is 0 Å². The van der Waals surface area contributed by atoms with Crippen LogP contribution in [0, 0.1) is 0 Å². The maximum absolute atomic E-state index is 3.74. The van der Waals surface area contributed by atoms with Crippen LogP contribution in [0.1, 0.15) is 18.9 Å². The zero-order chi connectivity index (χ0) is 8.81. The average molecular weight is 245 g/mol. The topological polar surface area (TPSA) is 0 Å². The van der Waals surface area contributed by atoms with Gasteiger partial charge in [-0.05, 0) is 18.3 Å². The molecule has 12 heavy (non-hydrogen) atoms. The van der Waals surface area contributed by atoms with Gasteiger partial charge in [0.05, 0.1) is 0 Å². The fourth-order valence-electron chi connectivity index (χ4n) is 1.10. The standard InChI is InChI=1S/C10H14BrP/c1-2-8-12(11)9-10-6-4-3-5-7-10/h3-7H,2,8-9H2,1H3. The van der Waals surface area contributed by atoms with Crippen molar-refractivity contribution in [2.24, 2.45) is 0 Å². The van der Waals surface area contributed by atoms with Gasteiger partial charge < -0.3 is 0 Å². The Labute approximate surface area is 83.9 Å². The lowest BCUT2D eigenvalue weighted by Gasteiger charge is -2.07. The molecule has 0 amide bonds. The van der Waals surface area contributed by atoms with Gasteiger partial charge in [0, 0.05) is 6.16 Å². The normalized spacial score (nSPS) is 12.8. The Morgan fingerprint density at radius 2 is 1.92 bits per heavy atom. The molecule has 0 N–H and O–H groups in total. The van der Waals surface area contributed by atoms with E-state index in [1.165, 1.54) is 24.3 Å². The Kier molecular flexibility index (Phi) is 4.87. The molecule has 0 saturated heterocycles. The number of benzene rings is 1. The highest BCUT2D eigenvalue weighted by Crippen LogP contribution is 2.47. The van der Waals surface area contributed by atoms with E-state index in [1.54, 1.807) is 0 Å². The van der Waals surface area contributed by atoms with Crippen LogP contribution >= 0.6 is 22.1 Å². The summed E-state index contributed by atoms with van der Waals surface area (Å²) in [5, 5.41) is 0. The zero-order valence-electron chi connectivity index (χ0n) is 7.33. The van der Waals surface area contributed by atoms with Crippen LogP contribution in [0.4, 0.5) is 0 Å². The summed E-state index contributed by atoms with van der Waals surface area (Å²) in [6.07, 6.45) is 3.82. The average Bonchev–Trinajstić information content (AvgIpc) is 2.06. The highest BCUT2D eigenvalue weighted by Gasteiger charge is 2.02. The molecule has 0 radical (unpaired) electrons. The first-order chi connectivity index (χ1) is 5.83. The van der Waals surface area contributed by atoms with Gasteiger partial charge in [0.25, 0.3) is 0 Å². The van der Waals surface area contributed by atoms with Gasteiger partial charge in [-0.2, -0.15) is 0 Å². The molecule has 1 aromatic carbocycles. The molecule has 0 nitrogen and oxygen atoms in total. The second-order valence-corrected chi connectivity index (χ2v) is 7.53. The summed E-state index contributed by atoms with van der Waals surface area (Å²) in [5.41, 5.74) is 1.45. The molecule has 66 valence electrons. The van der Waals surface area contributed by atoms with Crippen molar-refractivity contribution in [1.82, 2.24) is 0 Å². The van der Waals surface area contributed by atoms with Gasteiger partial charge in [-0.3, -0.25) is 0 Å². The fourth-order valence-corrected chi connectivity index (χ4v) is 4.29. The van der Waals surface area contributed by atoms with E-state index >= 15 is 0 Å². The van der Waals surface area contributed by atoms with Gasteiger partial charge in [-0.15, -0.1) is 0 Å². The molecule has 1 rings (SSSR count). The van der Waals surface area contributed by atoms with Gasteiger partial charge in [-0.1, -0.05) is 59.2 Å². The summed E-state index contributed by atoms with van der Waals surface area (Å²) in [6, 6.07) is 10.7. The van der Waals surface area contributed by atoms with Crippen molar-refractivity contribution < 1.29 is 0 Å². The smallest absolute Gasteiger partial charge is 0.00254 e. The van der Waals surface area contributed by atoms with Crippen LogP contribution in [0.5, 0.6) is 0 Å². The van der Waals surface area contributed by atoms with Crippen LogP contribution in [0.2, 0.25) is 0 Å². The molecule has 1 aromatic rings. The molecule has 0 fully saturated rings. The first kappa shape index (κ1) is 10.2. The monoisotopic (exact) mass is 244 g/mol. The Balaban J connectivity index is 2.41. The second-order valence-electron chi connectivity index (χ2n) is 2.83. The first-order valence-corrected chi connectivity index (χ1v) is 8.00. The number of hydrogen-bond acceptors (Lipinski definition) is 0. The lowest BCUT2D eigenvalue weighted by Crippen LogP contribution is -1.82. The van der Waals surface area contributed by atoms with E-state index in [0.29, 0.717) is 0 Å². The number of hydrogen-bond donors (Lipinski definition) is 0. The quantitative estimate of drug-likeness (QED) is 0.690. The third kappa shape index (κ3) is 3.69. The lowest BCUT2D eigenvalue weighted by molar-refractivity contribution is 1.10. The Hall–Kier alpha value is 0.130. The van der Waals surface area contributed by atoms with Crippen molar-refractivity contribution in [1.29, 1.82) is 0 Å². The van der Waals surface area contributed by atoms with Crippen LogP contribution in [-0.2, 0) is 6.16 Å². The van der Waals surface area contributed by atoms with Crippen LogP contribution in [-0.4, -0.2) is 6.16 Å². The van der Waals surface area contributed by atoms with E-state index in [-0.39, 0.29) is 6.62 Å². The highest BCUT2D eigenvalue weighted by atomic mass is 79.9. The van der Waals surface area contributed by atoms with Gasteiger partial charge >= 0.3 is 0 Å². The zero-order valence-corrected chi connectivity index (χ0v) is 9.81. The predicted octanol–water partition coefficient (Wildman–Crippen LogP) is 4.39. The molecule has 0 aliphatic carbocycles. The predicted molar refractivity (Wildman–Crippen MR) is 61.2 cm³/mol. The Morgan fingerprint density at radius 1 is 1.25 bits per heavy atom. The van der Waals surface area contributed by atoms with Gasteiger partial charge in [-0.25, -0.2) is 0 Å². The molecule has 0 saturated carbocycles. The van der Waals surface area contributed by atoms with Crippen LogP contribution < -0.4 is 0 Å². The summed E-state index contributed by atoms with van der Waals surface area (Å²) >= 11 is 3.74. The molecule has 1 atom stereocenters. The van der Waals surface area contributed by atoms with Crippen molar-refractivity contribution in [3.05, 3.63) is 35.9 Å². The van der Waals surface area contributed by atoms with E-state index in [9.17, 15) is 0 Å². The fraction of sp³-hybridized carbons (Fsp3) is 0.400. The Bertz CT molecular complexity index is 210. The summed E-state index contributed by atoms with van der Waals surface area (Å²) in [5.74, 6) is 0. The van der Waals surface area contributed by atoms with Crippen molar-refractivity contribution in [3.63, 3.8) is 0 Å². The summed E-state index contributed by atoms with van der Waals surface area (Å²) in [7, 11) is 0. The van der Waals surface area contributed by atoms with E-state index < -0.39 is 0 Å². The minimum Gasteiger partial charge on any atom is -0.0650 e. The number of rotatable bonds is 4. The van der Waals surface area contributed by atoms with Crippen molar-refractivity contribution in [2.45, 2.75) is 19.5 Å². The van der Waals surface area contributed by atoms with Crippen molar-refractivity contribution >= 4 is 22.1 Å². The minimum absolute atomic E-state index is 0.0556. The minimum atomic E-state index is 0.0556. The van der Waals surface area contributed by atoms with Crippen LogP contribution in [0.25, 0.3) is 0 Å². The molecule has 1 unspecified atom stereocenters.